The number of benzene rings is 2. The molecule has 0 spiro atoms. The van der Waals surface area contributed by atoms with Gasteiger partial charge in [-0.2, -0.15) is 0 Å². The second-order valence-electron chi connectivity index (χ2n) is 8.50. The smallest absolute Gasteiger partial charge is 0.321 e. The number of rotatable bonds is 3. The van der Waals surface area contributed by atoms with E-state index >= 15 is 0 Å². The number of amides is 2. The van der Waals surface area contributed by atoms with Gasteiger partial charge >= 0.3 is 6.03 Å². The number of carbonyl (C=O) groups is 1. The Hall–Kier alpha value is -4.07. The van der Waals surface area contributed by atoms with Crippen LogP contribution >= 0.6 is 0 Å². The molecule has 0 atom stereocenters. The zero-order valence-electron chi connectivity index (χ0n) is 19.1. The lowest BCUT2D eigenvalue weighted by Crippen LogP contribution is -2.50. The molecule has 1 aliphatic heterocycles. The molecule has 1 saturated heterocycles. The second kappa shape index (κ2) is 9.05. The Bertz CT molecular complexity index is 1370. The number of carbonyl (C=O) groups excluding carboxylic acids is 1. The van der Waals surface area contributed by atoms with Gasteiger partial charge in [-0.3, -0.25) is 0 Å². The number of urea groups is 1. The molecule has 5 rings (SSSR count). The lowest BCUT2D eigenvalue weighted by molar-refractivity contribution is 0.208. The van der Waals surface area contributed by atoms with E-state index in [9.17, 15) is 9.18 Å². The highest BCUT2D eigenvalue weighted by Crippen LogP contribution is 2.27. The summed E-state index contributed by atoms with van der Waals surface area (Å²) in [6.45, 7) is 6.14. The fourth-order valence-electron chi connectivity index (χ4n) is 4.17. The number of fused-ring (bicyclic) bond motifs is 1. The van der Waals surface area contributed by atoms with Crippen molar-refractivity contribution in [3.8, 4) is 11.3 Å². The van der Waals surface area contributed by atoms with Crippen molar-refractivity contribution >= 4 is 28.6 Å². The van der Waals surface area contributed by atoms with Gasteiger partial charge in [-0.25, -0.2) is 24.1 Å². The van der Waals surface area contributed by atoms with E-state index in [1.54, 1.807) is 19.1 Å². The largest absolute Gasteiger partial charge is 0.351 e. The fraction of sp³-hybridized carbons (Fsp3) is 0.231. The molecule has 7 nitrogen and oxygen atoms in total. The third kappa shape index (κ3) is 4.39. The number of hydrogen-bond donors (Lipinski definition) is 1. The molecule has 8 heteroatoms. The van der Waals surface area contributed by atoms with Gasteiger partial charge in [-0.05, 0) is 67.4 Å². The van der Waals surface area contributed by atoms with E-state index in [0.29, 0.717) is 37.3 Å². The highest BCUT2D eigenvalue weighted by molar-refractivity contribution is 5.90. The lowest BCUT2D eigenvalue weighted by atomic mass is 10.1. The molecule has 2 aromatic heterocycles. The van der Waals surface area contributed by atoms with Gasteiger partial charge in [0.2, 0.25) is 0 Å². The van der Waals surface area contributed by atoms with Gasteiger partial charge in [-0.1, -0.05) is 12.1 Å². The molecule has 34 heavy (non-hydrogen) atoms. The summed E-state index contributed by atoms with van der Waals surface area (Å²) in [5.41, 5.74) is 5.48. The minimum Gasteiger partial charge on any atom is -0.351 e. The molecule has 2 amide bonds. The number of anilines is 2. The molecule has 1 N–H and O–H groups in total. The number of aryl methyl sites for hydroxylation is 2. The average molecular weight is 457 g/mol. The predicted octanol–water partition coefficient (Wildman–Crippen LogP) is 4.80. The zero-order chi connectivity index (χ0) is 23.7. The third-order valence-corrected chi connectivity index (χ3v) is 6.05. The lowest BCUT2D eigenvalue weighted by Gasteiger charge is -2.35. The first-order chi connectivity index (χ1) is 16.5. The summed E-state index contributed by atoms with van der Waals surface area (Å²) in [5.74, 6) is 0.502. The van der Waals surface area contributed by atoms with Gasteiger partial charge in [-0.15, -0.1) is 0 Å². The highest BCUT2D eigenvalue weighted by atomic mass is 19.1. The number of piperazine rings is 1. The topological polar surface area (TPSA) is 74.2 Å². The first-order valence-electron chi connectivity index (χ1n) is 11.2. The first kappa shape index (κ1) is 21.8. The van der Waals surface area contributed by atoms with Crippen LogP contribution in [0, 0.1) is 19.7 Å². The summed E-state index contributed by atoms with van der Waals surface area (Å²) < 4.78 is 13.7. The van der Waals surface area contributed by atoms with E-state index in [0.717, 1.165) is 33.8 Å². The van der Waals surface area contributed by atoms with Gasteiger partial charge in [0.05, 0.1) is 11.2 Å². The van der Waals surface area contributed by atoms with Crippen LogP contribution in [0.5, 0.6) is 0 Å². The Balaban J connectivity index is 1.34. The minimum atomic E-state index is -0.238. The van der Waals surface area contributed by atoms with Gasteiger partial charge in [0.1, 0.15) is 17.7 Å². The molecule has 0 aliphatic carbocycles. The van der Waals surface area contributed by atoms with Crippen LogP contribution in [0.1, 0.15) is 11.1 Å². The summed E-state index contributed by atoms with van der Waals surface area (Å²) >= 11 is 0. The van der Waals surface area contributed by atoms with Crippen molar-refractivity contribution in [1.29, 1.82) is 0 Å². The van der Waals surface area contributed by atoms with Gasteiger partial charge in [0.15, 0.2) is 5.82 Å². The molecular formula is C26H25FN6O. The van der Waals surface area contributed by atoms with Gasteiger partial charge < -0.3 is 15.1 Å². The Morgan fingerprint density at radius 3 is 2.56 bits per heavy atom. The van der Waals surface area contributed by atoms with Crippen LogP contribution in [0.25, 0.3) is 22.3 Å². The van der Waals surface area contributed by atoms with Gasteiger partial charge in [0.25, 0.3) is 0 Å². The van der Waals surface area contributed by atoms with Crippen LogP contribution in [0.2, 0.25) is 0 Å². The Labute approximate surface area is 197 Å². The van der Waals surface area contributed by atoms with E-state index in [1.807, 2.05) is 48.2 Å². The maximum absolute atomic E-state index is 13.7. The normalized spacial score (nSPS) is 13.9. The molecule has 0 unspecified atom stereocenters. The molecule has 172 valence electrons. The number of nitrogens with zero attached hydrogens (tertiary/aromatic N) is 5. The van der Waals surface area contributed by atoms with Crippen LogP contribution in [0.15, 0.2) is 60.9 Å². The maximum atomic E-state index is 13.7. The Kier molecular flexibility index (Phi) is 5.79. The average Bonchev–Trinajstić information content (AvgIpc) is 2.85. The number of hydrogen-bond acceptors (Lipinski definition) is 5. The summed E-state index contributed by atoms with van der Waals surface area (Å²) in [7, 11) is 0. The van der Waals surface area contributed by atoms with E-state index in [1.165, 1.54) is 12.4 Å². The molecule has 1 aliphatic rings. The van der Waals surface area contributed by atoms with Crippen molar-refractivity contribution in [3.63, 3.8) is 0 Å². The maximum Gasteiger partial charge on any atom is 0.321 e. The number of nitrogens with one attached hydrogen (secondary N) is 1. The summed E-state index contributed by atoms with van der Waals surface area (Å²) in [6, 6.07) is 16.4. The molecule has 0 saturated carbocycles. The van der Waals surface area contributed by atoms with Crippen molar-refractivity contribution in [3.05, 3.63) is 77.9 Å². The van der Waals surface area contributed by atoms with Crippen molar-refractivity contribution in [2.24, 2.45) is 0 Å². The van der Waals surface area contributed by atoms with Crippen molar-refractivity contribution in [2.75, 3.05) is 36.4 Å². The van der Waals surface area contributed by atoms with Crippen molar-refractivity contribution in [2.45, 2.75) is 13.8 Å². The van der Waals surface area contributed by atoms with Crippen LogP contribution in [-0.2, 0) is 0 Å². The summed E-state index contributed by atoms with van der Waals surface area (Å²) in [5, 5.41) is 2.97. The first-order valence-corrected chi connectivity index (χ1v) is 11.2. The molecule has 2 aromatic carbocycles. The van der Waals surface area contributed by atoms with Crippen molar-refractivity contribution in [1.82, 2.24) is 19.9 Å². The van der Waals surface area contributed by atoms with E-state index in [4.69, 9.17) is 4.98 Å². The Morgan fingerprint density at radius 2 is 1.79 bits per heavy atom. The molecule has 0 radical (unpaired) electrons. The highest BCUT2D eigenvalue weighted by Gasteiger charge is 2.24. The number of halogens is 1. The van der Waals surface area contributed by atoms with Crippen LogP contribution in [0.4, 0.5) is 20.7 Å². The van der Waals surface area contributed by atoms with Crippen LogP contribution in [0.3, 0.4) is 0 Å². The van der Waals surface area contributed by atoms with Crippen molar-refractivity contribution < 1.29 is 9.18 Å². The van der Waals surface area contributed by atoms with Crippen LogP contribution in [-0.4, -0.2) is 52.1 Å². The summed E-state index contributed by atoms with van der Waals surface area (Å²) in [6.07, 6.45) is 1.54. The number of pyridine rings is 1. The van der Waals surface area contributed by atoms with E-state index < -0.39 is 0 Å². The molecule has 0 bridgehead atoms. The summed E-state index contributed by atoms with van der Waals surface area (Å²) in [4.78, 5) is 30.4. The molecule has 1 fully saturated rings. The standard InChI is InChI=1S/C26H25FN6O/c1-17-4-3-5-20(14-17)30-26(34)33-12-10-32(11-13-33)25-24-23(28-16-29-25)9-8-22(31-24)19-6-7-21(27)18(2)15-19/h3-9,14-16H,10-13H2,1-2H3,(H,30,34). The number of aromatic nitrogens is 3. The molecule has 4 aromatic rings. The monoisotopic (exact) mass is 456 g/mol. The predicted molar refractivity (Wildman–Crippen MR) is 131 cm³/mol. The third-order valence-electron chi connectivity index (χ3n) is 6.05. The minimum absolute atomic E-state index is 0.107. The fourth-order valence-corrected chi connectivity index (χ4v) is 4.17. The SMILES string of the molecule is Cc1cccc(NC(=O)N2CCN(c3ncnc4ccc(-c5ccc(F)c(C)c5)nc34)CC2)c1. The van der Waals surface area contributed by atoms with E-state index in [2.05, 4.69) is 20.2 Å². The zero-order valence-corrected chi connectivity index (χ0v) is 19.1. The Morgan fingerprint density at radius 1 is 0.971 bits per heavy atom. The molecule has 3 heterocycles. The quantitative estimate of drug-likeness (QED) is 0.479. The van der Waals surface area contributed by atoms with Crippen LogP contribution < -0.4 is 10.2 Å². The van der Waals surface area contributed by atoms with E-state index in [-0.39, 0.29) is 11.8 Å². The van der Waals surface area contributed by atoms with Gasteiger partial charge in [0, 0.05) is 37.4 Å². The molecular weight excluding hydrogens is 431 g/mol. The second-order valence-corrected chi connectivity index (χ2v) is 8.50.